The molecule has 2 aromatic rings. The Labute approximate surface area is 159 Å². The van der Waals surface area contributed by atoms with Crippen molar-refractivity contribution in [3.05, 3.63) is 40.3 Å². The second-order valence-electron chi connectivity index (χ2n) is 6.55. The largest absolute Gasteiger partial charge is 0.495 e. The quantitative estimate of drug-likeness (QED) is 0.754. The van der Waals surface area contributed by atoms with Crippen LogP contribution in [0.2, 0.25) is 5.02 Å². The third-order valence-electron chi connectivity index (χ3n) is 3.82. The average molecular weight is 377 g/mol. The second kappa shape index (κ2) is 8.85. The summed E-state index contributed by atoms with van der Waals surface area (Å²) in [6, 6.07) is 5.24. The highest BCUT2D eigenvalue weighted by atomic mass is 35.5. The normalized spacial score (nSPS) is 10.7. The van der Waals surface area contributed by atoms with Gasteiger partial charge in [0.25, 0.3) is 5.91 Å². The highest BCUT2D eigenvalue weighted by Gasteiger charge is 2.13. The lowest BCUT2D eigenvalue weighted by atomic mass is 10.1. The Morgan fingerprint density at radius 1 is 1.23 bits per heavy atom. The van der Waals surface area contributed by atoms with Gasteiger partial charge in [-0.15, -0.1) is 0 Å². The van der Waals surface area contributed by atoms with Gasteiger partial charge in [0.05, 0.1) is 12.8 Å². The molecule has 0 fully saturated rings. The van der Waals surface area contributed by atoms with Crippen LogP contribution in [0.4, 0.5) is 11.5 Å². The van der Waals surface area contributed by atoms with Gasteiger partial charge in [0.1, 0.15) is 23.1 Å². The van der Waals surface area contributed by atoms with E-state index in [0.717, 1.165) is 17.7 Å². The van der Waals surface area contributed by atoms with Crippen molar-refractivity contribution in [2.24, 2.45) is 5.92 Å². The molecule has 0 saturated heterocycles. The third kappa shape index (κ3) is 5.33. The van der Waals surface area contributed by atoms with Crippen LogP contribution in [0.25, 0.3) is 0 Å². The lowest BCUT2D eigenvalue weighted by Gasteiger charge is -2.14. The van der Waals surface area contributed by atoms with E-state index in [-0.39, 0.29) is 5.91 Å². The van der Waals surface area contributed by atoms with E-state index in [1.54, 1.807) is 26.2 Å². The van der Waals surface area contributed by atoms with Crippen LogP contribution in [0, 0.1) is 19.8 Å². The molecule has 6 nitrogen and oxygen atoms in total. The summed E-state index contributed by atoms with van der Waals surface area (Å²) in [5, 5.41) is 6.70. The molecule has 7 heteroatoms. The monoisotopic (exact) mass is 376 g/mol. The number of carbonyl (C=O) groups excluding carboxylic acids is 1. The number of nitrogens with zero attached hydrogens (tertiary/aromatic N) is 2. The van der Waals surface area contributed by atoms with Crippen LogP contribution in [-0.4, -0.2) is 29.5 Å². The van der Waals surface area contributed by atoms with E-state index < -0.39 is 0 Å². The van der Waals surface area contributed by atoms with Gasteiger partial charge in [-0.3, -0.25) is 4.79 Å². The molecule has 1 aromatic carbocycles. The zero-order chi connectivity index (χ0) is 19.3. The van der Waals surface area contributed by atoms with E-state index in [2.05, 4.69) is 34.4 Å². The highest BCUT2D eigenvalue weighted by molar-refractivity contribution is 6.31. The van der Waals surface area contributed by atoms with E-state index in [1.165, 1.54) is 0 Å². The van der Waals surface area contributed by atoms with E-state index in [0.29, 0.717) is 40.6 Å². The molecule has 0 atom stereocenters. The maximum atomic E-state index is 12.3. The number of hydrogen-bond acceptors (Lipinski definition) is 5. The Morgan fingerprint density at radius 3 is 2.62 bits per heavy atom. The minimum Gasteiger partial charge on any atom is -0.495 e. The Kier molecular flexibility index (Phi) is 6.80. The van der Waals surface area contributed by atoms with Crippen LogP contribution in [-0.2, 0) is 0 Å². The Balaban J connectivity index is 2.22. The molecule has 0 aliphatic carbocycles. The number of carbonyl (C=O) groups is 1. The molecule has 0 bridgehead atoms. The summed E-state index contributed by atoms with van der Waals surface area (Å²) in [4.78, 5) is 20.9. The van der Waals surface area contributed by atoms with Crippen molar-refractivity contribution in [3.8, 4) is 5.75 Å². The Bertz CT molecular complexity index is 793. The lowest BCUT2D eigenvalue weighted by Crippen LogP contribution is -2.26. The van der Waals surface area contributed by atoms with E-state index >= 15 is 0 Å². The van der Waals surface area contributed by atoms with Crippen LogP contribution >= 0.6 is 11.6 Å². The maximum absolute atomic E-state index is 12.3. The van der Waals surface area contributed by atoms with Gasteiger partial charge in [0.15, 0.2) is 0 Å². The third-order valence-corrected chi connectivity index (χ3v) is 4.23. The number of rotatable bonds is 7. The zero-order valence-corrected chi connectivity index (χ0v) is 16.6. The van der Waals surface area contributed by atoms with Crippen molar-refractivity contribution in [2.75, 3.05) is 19.0 Å². The van der Waals surface area contributed by atoms with Crippen molar-refractivity contribution in [1.29, 1.82) is 0 Å². The summed E-state index contributed by atoms with van der Waals surface area (Å²) in [7, 11) is 1.57. The first kappa shape index (κ1) is 20.0. The van der Waals surface area contributed by atoms with Crippen LogP contribution in [0.3, 0.4) is 0 Å². The number of anilines is 2. The average Bonchev–Trinajstić information content (AvgIpc) is 2.57. The molecule has 1 aromatic heterocycles. The SMILES string of the molecule is COc1cc(Cl)c(C)cc1Nc1cc(C(=O)NCCC(C)C)nc(C)n1. The summed E-state index contributed by atoms with van der Waals surface area (Å²) >= 11 is 6.14. The molecule has 2 N–H and O–H groups in total. The molecule has 0 radical (unpaired) electrons. The molecular formula is C19H25ClN4O2. The lowest BCUT2D eigenvalue weighted by molar-refractivity contribution is 0.0946. The fourth-order valence-electron chi connectivity index (χ4n) is 2.38. The van der Waals surface area contributed by atoms with E-state index in [1.807, 2.05) is 13.0 Å². The number of hydrogen-bond donors (Lipinski definition) is 2. The van der Waals surface area contributed by atoms with Crippen molar-refractivity contribution in [3.63, 3.8) is 0 Å². The van der Waals surface area contributed by atoms with Gasteiger partial charge in [0.2, 0.25) is 0 Å². The number of benzene rings is 1. The molecular weight excluding hydrogens is 352 g/mol. The summed E-state index contributed by atoms with van der Waals surface area (Å²) in [5.41, 5.74) is 1.96. The summed E-state index contributed by atoms with van der Waals surface area (Å²) < 4.78 is 5.37. The smallest absolute Gasteiger partial charge is 0.270 e. The molecule has 2 rings (SSSR count). The molecule has 26 heavy (non-hydrogen) atoms. The predicted octanol–water partition coefficient (Wildman–Crippen LogP) is 4.27. The van der Waals surface area contributed by atoms with Crippen LogP contribution < -0.4 is 15.4 Å². The number of ether oxygens (including phenoxy) is 1. The maximum Gasteiger partial charge on any atom is 0.270 e. The van der Waals surface area contributed by atoms with Gasteiger partial charge in [-0.2, -0.15) is 0 Å². The van der Waals surface area contributed by atoms with Crippen molar-refractivity contribution in [1.82, 2.24) is 15.3 Å². The first-order valence-corrected chi connectivity index (χ1v) is 8.93. The molecule has 140 valence electrons. The first-order chi connectivity index (χ1) is 12.3. The fourth-order valence-corrected chi connectivity index (χ4v) is 2.53. The number of aromatic nitrogens is 2. The van der Waals surface area contributed by atoms with Gasteiger partial charge < -0.3 is 15.4 Å². The molecule has 1 amide bonds. The highest BCUT2D eigenvalue weighted by Crippen LogP contribution is 2.32. The Hall–Kier alpha value is -2.34. The van der Waals surface area contributed by atoms with Crippen molar-refractivity contribution >= 4 is 29.0 Å². The molecule has 0 aliphatic rings. The minimum absolute atomic E-state index is 0.210. The van der Waals surface area contributed by atoms with Crippen LogP contribution in [0.5, 0.6) is 5.75 Å². The molecule has 1 heterocycles. The van der Waals surface area contributed by atoms with Crippen molar-refractivity contribution < 1.29 is 9.53 Å². The summed E-state index contributed by atoms with van der Waals surface area (Å²) in [6.07, 6.45) is 0.919. The number of halogens is 1. The van der Waals surface area contributed by atoms with Gasteiger partial charge in [-0.1, -0.05) is 25.4 Å². The van der Waals surface area contributed by atoms with Gasteiger partial charge in [-0.25, -0.2) is 9.97 Å². The van der Waals surface area contributed by atoms with E-state index in [4.69, 9.17) is 16.3 Å². The Morgan fingerprint density at radius 2 is 1.96 bits per heavy atom. The minimum atomic E-state index is -0.210. The number of methoxy groups -OCH3 is 1. The number of aryl methyl sites for hydroxylation is 2. The molecule has 0 spiro atoms. The summed E-state index contributed by atoms with van der Waals surface area (Å²) in [6.45, 7) is 8.51. The van der Waals surface area contributed by atoms with E-state index in [9.17, 15) is 4.79 Å². The topological polar surface area (TPSA) is 76.1 Å². The standard InChI is InChI=1S/C19H25ClN4O2/c1-11(2)6-7-21-19(25)16-10-18(23-13(4)22-16)24-15-8-12(3)14(20)9-17(15)26-5/h8-11H,6-7H2,1-5H3,(H,21,25)(H,22,23,24). The molecule has 0 aliphatic heterocycles. The first-order valence-electron chi connectivity index (χ1n) is 8.55. The number of amides is 1. The number of nitrogens with one attached hydrogen (secondary N) is 2. The van der Waals surface area contributed by atoms with Crippen LogP contribution in [0.15, 0.2) is 18.2 Å². The van der Waals surface area contributed by atoms with Crippen molar-refractivity contribution in [2.45, 2.75) is 34.1 Å². The molecule has 0 saturated carbocycles. The van der Waals surface area contributed by atoms with Gasteiger partial charge >= 0.3 is 0 Å². The fraction of sp³-hybridized carbons (Fsp3) is 0.421. The van der Waals surface area contributed by atoms with Gasteiger partial charge in [-0.05, 0) is 37.8 Å². The van der Waals surface area contributed by atoms with Crippen LogP contribution in [0.1, 0.15) is 42.1 Å². The summed E-state index contributed by atoms with van der Waals surface area (Å²) in [5.74, 6) is 1.94. The molecule has 0 unspecified atom stereocenters. The second-order valence-corrected chi connectivity index (χ2v) is 6.96. The zero-order valence-electron chi connectivity index (χ0n) is 15.8. The predicted molar refractivity (Wildman–Crippen MR) is 105 cm³/mol. The van der Waals surface area contributed by atoms with Gasteiger partial charge in [0, 0.05) is 23.7 Å².